The summed E-state index contributed by atoms with van der Waals surface area (Å²) in [7, 11) is 0. The van der Waals surface area contributed by atoms with Crippen LogP contribution in [0.2, 0.25) is 0 Å². The van der Waals surface area contributed by atoms with Crippen LogP contribution in [0.25, 0.3) is 11.0 Å². The summed E-state index contributed by atoms with van der Waals surface area (Å²) in [6.45, 7) is 3.56. The van der Waals surface area contributed by atoms with E-state index in [1.807, 2.05) is 24.3 Å². The third-order valence-electron chi connectivity index (χ3n) is 2.43. The average molecular weight is 215 g/mol. The van der Waals surface area contributed by atoms with E-state index in [9.17, 15) is 4.79 Å². The second kappa shape index (κ2) is 4.33. The second-order valence-electron chi connectivity index (χ2n) is 3.64. The van der Waals surface area contributed by atoms with Crippen molar-refractivity contribution in [2.45, 2.75) is 12.5 Å². The molecule has 0 saturated carbocycles. The van der Waals surface area contributed by atoms with Gasteiger partial charge in [-0.1, -0.05) is 24.3 Å². The van der Waals surface area contributed by atoms with Crippen LogP contribution in [-0.2, 0) is 0 Å². The van der Waals surface area contributed by atoms with E-state index in [1.54, 1.807) is 12.1 Å². The molecule has 0 saturated heterocycles. The highest BCUT2D eigenvalue weighted by Crippen LogP contribution is 2.19. The lowest BCUT2D eigenvalue weighted by Gasteiger charge is -2.03. The van der Waals surface area contributed by atoms with Crippen molar-refractivity contribution in [1.29, 1.82) is 0 Å². The zero-order chi connectivity index (χ0) is 11.5. The largest absolute Gasteiger partial charge is 0.453 e. The minimum absolute atomic E-state index is 0.184. The molecule has 3 nitrogen and oxygen atoms in total. The summed E-state index contributed by atoms with van der Waals surface area (Å²) in [5.74, 6) is 0.131. The Morgan fingerprint density at radius 1 is 1.50 bits per heavy atom. The molecule has 2 N–H and O–H groups in total. The first-order chi connectivity index (χ1) is 7.72. The molecular formula is C13H13NO2. The lowest BCUT2D eigenvalue weighted by atomic mass is 10.1. The molecule has 0 aliphatic rings. The van der Waals surface area contributed by atoms with Gasteiger partial charge in [0.15, 0.2) is 5.76 Å². The molecule has 16 heavy (non-hydrogen) atoms. The summed E-state index contributed by atoms with van der Waals surface area (Å²) in [6, 6.07) is 8.64. The van der Waals surface area contributed by atoms with Crippen LogP contribution in [0.1, 0.15) is 17.0 Å². The molecular weight excluding hydrogens is 202 g/mol. The van der Waals surface area contributed by atoms with Gasteiger partial charge in [-0.15, -0.1) is 6.58 Å². The van der Waals surface area contributed by atoms with Crippen molar-refractivity contribution in [3.05, 3.63) is 48.7 Å². The molecule has 0 radical (unpaired) electrons. The SMILES string of the molecule is C=CCC(N)C(=O)c1cc2ccccc2o1. The first kappa shape index (κ1) is 10.6. The van der Waals surface area contributed by atoms with Crippen LogP contribution >= 0.6 is 0 Å². The van der Waals surface area contributed by atoms with Crippen LogP contribution in [0, 0.1) is 0 Å². The zero-order valence-corrected chi connectivity index (χ0v) is 8.85. The van der Waals surface area contributed by atoms with Gasteiger partial charge < -0.3 is 10.2 Å². The number of fused-ring (bicyclic) bond motifs is 1. The van der Waals surface area contributed by atoms with E-state index in [2.05, 4.69) is 6.58 Å². The fourth-order valence-corrected chi connectivity index (χ4v) is 1.57. The number of carbonyl (C=O) groups excluding carboxylic acids is 1. The lowest BCUT2D eigenvalue weighted by Crippen LogP contribution is -2.29. The molecule has 82 valence electrons. The number of Topliss-reactive ketones (excluding diaryl/α,β-unsaturated/α-hetero) is 1. The second-order valence-corrected chi connectivity index (χ2v) is 3.64. The van der Waals surface area contributed by atoms with E-state index in [0.717, 1.165) is 5.39 Å². The maximum Gasteiger partial charge on any atom is 0.214 e. The third-order valence-corrected chi connectivity index (χ3v) is 2.43. The summed E-state index contributed by atoms with van der Waals surface area (Å²) < 4.78 is 5.43. The minimum atomic E-state index is -0.571. The first-order valence-electron chi connectivity index (χ1n) is 5.11. The molecule has 2 rings (SSSR count). The zero-order valence-electron chi connectivity index (χ0n) is 8.85. The molecule has 2 aromatic rings. The van der Waals surface area contributed by atoms with Gasteiger partial charge >= 0.3 is 0 Å². The molecule has 0 aliphatic heterocycles. The predicted octanol–water partition coefficient (Wildman–Crippen LogP) is 2.52. The van der Waals surface area contributed by atoms with Gasteiger partial charge in [-0.2, -0.15) is 0 Å². The smallest absolute Gasteiger partial charge is 0.214 e. The van der Waals surface area contributed by atoms with Gasteiger partial charge in [-0.3, -0.25) is 4.79 Å². The molecule has 1 heterocycles. The first-order valence-corrected chi connectivity index (χ1v) is 5.11. The van der Waals surface area contributed by atoms with Gasteiger partial charge in [-0.25, -0.2) is 0 Å². The van der Waals surface area contributed by atoms with Gasteiger partial charge in [0.25, 0.3) is 0 Å². The number of hydrogen-bond acceptors (Lipinski definition) is 3. The van der Waals surface area contributed by atoms with E-state index >= 15 is 0 Å². The number of carbonyl (C=O) groups is 1. The predicted molar refractivity (Wildman–Crippen MR) is 63.3 cm³/mol. The summed E-state index contributed by atoms with van der Waals surface area (Å²) in [5, 5.41) is 0.914. The Morgan fingerprint density at radius 3 is 2.94 bits per heavy atom. The lowest BCUT2D eigenvalue weighted by molar-refractivity contribution is 0.0937. The topological polar surface area (TPSA) is 56.2 Å². The molecule has 1 atom stereocenters. The monoisotopic (exact) mass is 215 g/mol. The molecule has 0 bridgehead atoms. The van der Waals surface area contributed by atoms with Crippen LogP contribution < -0.4 is 5.73 Å². The Balaban J connectivity index is 2.33. The van der Waals surface area contributed by atoms with Gasteiger partial charge in [0.05, 0.1) is 6.04 Å². The minimum Gasteiger partial charge on any atom is -0.453 e. The number of para-hydroxylation sites is 1. The van der Waals surface area contributed by atoms with Gasteiger partial charge in [-0.05, 0) is 18.6 Å². The molecule has 1 aromatic carbocycles. The van der Waals surface area contributed by atoms with Crippen LogP contribution in [0.5, 0.6) is 0 Å². The molecule has 0 aliphatic carbocycles. The summed E-state index contributed by atoms with van der Waals surface area (Å²) in [5.41, 5.74) is 6.41. The van der Waals surface area contributed by atoms with E-state index < -0.39 is 6.04 Å². The number of furan rings is 1. The van der Waals surface area contributed by atoms with Crippen molar-refractivity contribution in [1.82, 2.24) is 0 Å². The highest BCUT2D eigenvalue weighted by molar-refractivity contribution is 6.00. The Kier molecular flexibility index (Phi) is 2.88. The summed E-state index contributed by atoms with van der Waals surface area (Å²) in [6.07, 6.45) is 2.08. The maximum absolute atomic E-state index is 11.8. The van der Waals surface area contributed by atoms with Gasteiger partial charge in [0.1, 0.15) is 5.58 Å². The summed E-state index contributed by atoms with van der Waals surface area (Å²) in [4.78, 5) is 11.8. The van der Waals surface area contributed by atoms with Gasteiger partial charge in [0.2, 0.25) is 5.78 Å². The van der Waals surface area contributed by atoms with Gasteiger partial charge in [0, 0.05) is 5.39 Å². The Hall–Kier alpha value is -1.87. The van der Waals surface area contributed by atoms with Crippen molar-refractivity contribution in [3.63, 3.8) is 0 Å². The number of ketones is 1. The van der Waals surface area contributed by atoms with Crippen molar-refractivity contribution in [2.75, 3.05) is 0 Å². The molecule has 0 spiro atoms. The number of nitrogens with two attached hydrogens (primary N) is 1. The normalized spacial score (nSPS) is 12.6. The molecule has 1 unspecified atom stereocenters. The molecule has 0 fully saturated rings. The number of benzene rings is 1. The van der Waals surface area contributed by atoms with Crippen LogP contribution in [-0.4, -0.2) is 11.8 Å². The fraction of sp³-hybridized carbons (Fsp3) is 0.154. The van der Waals surface area contributed by atoms with Crippen molar-refractivity contribution in [2.24, 2.45) is 5.73 Å². The van der Waals surface area contributed by atoms with Crippen LogP contribution in [0.3, 0.4) is 0 Å². The average Bonchev–Trinajstić information content (AvgIpc) is 2.71. The van der Waals surface area contributed by atoms with Crippen LogP contribution in [0.15, 0.2) is 47.4 Å². The quantitative estimate of drug-likeness (QED) is 0.629. The Bertz CT molecular complexity index is 494. The molecule has 1 aromatic heterocycles. The molecule has 3 heteroatoms. The highest BCUT2D eigenvalue weighted by atomic mass is 16.3. The van der Waals surface area contributed by atoms with E-state index in [-0.39, 0.29) is 5.78 Å². The van der Waals surface area contributed by atoms with Crippen molar-refractivity contribution >= 4 is 16.8 Å². The molecule has 0 amide bonds. The standard InChI is InChI=1S/C13H13NO2/c1-2-5-10(14)13(15)12-8-9-6-3-4-7-11(9)16-12/h2-4,6-8,10H,1,5,14H2. The Labute approximate surface area is 93.5 Å². The Morgan fingerprint density at radius 2 is 2.25 bits per heavy atom. The maximum atomic E-state index is 11.8. The van der Waals surface area contributed by atoms with Crippen molar-refractivity contribution in [3.8, 4) is 0 Å². The fourth-order valence-electron chi connectivity index (χ4n) is 1.57. The number of hydrogen-bond donors (Lipinski definition) is 1. The van der Waals surface area contributed by atoms with E-state index in [1.165, 1.54) is 0 Å². The van der Waals surface area contributed by atoms with Crippen LogP contribution in [0.4, 0.5) is 0 Å². The third kappa shape index (κ3) is 1.90. The number of rotatable bonds is 4. The van der Waals surface area contributed by atoms with Crippen molar-refractivity contribution < 1.29 is 9.21 Å². The summed E-state index contributed by atoms with van der Waals surface area (Å²) >= 11 is 0. The van der Waals surface area contributed by atoms with E-state index in [4.69, 9.17) is 10.2 Å². The van der Waals surface area contributed by atoms with E-state index in [0.29, 0.717) is 17.8 Å². The highest BCUT2D eigenvalue weighted by Gasteiger charge is 2.18.